The van der Waals surface area contributed by atoms with Gasteiger partial charge in [-0.25, -0.2) is 4.79 Å². The number of ketones is 1. The summed E-state index contributed by atoms with van der Waals surface area (Å²) in [6, 6.07) is 7.06. The SMILES string of the molecule is CNC(=O)NCC(C(=O)C1CCCC1)c1cccc(Cl)c1. The van der Waals surface area contributed by atoms with Gasteiger partial charge in [0.2, 0.25) is 0 Å². The molecule has 4 nitrogen and oxygen atoms in total. The fraction of sp³-hybridized carbons (Fsp3) is 0.500. The third-order valence-electron chi connectivity index (χ3n) is 4.05. The lowest BCUT2D eigenvalue weighted by atomic mass is 9.86. The summed E-state index contributed by atoms with van der Waals surface area (Å²) in [6.07, 6.45) is 4.13. The lowest BCUT2D eigenvalue weighted by Crippen LogP contribution is -2.38. The molecule has 0 bridgehead atoms. The molecule has 1 fully saturated rings. The van der Waals surface area contributed by atoms with Gasteiger partial charge in [-0.1, -0.05) is 36.6 Å². The first-order valence-corrected chi connectivity index (χ1v) is 7.74. The van der Waals surface area contributed by atoms with Gasteiger partial charge in [0.25, 0.3) is 0 Å². The van der Waals surface area contributed by atoms with Gasteiger partial charge >= 0.3 is 6.03 Å². The average Bonchev–Trinajstić information content (AvgIpc) is 3.01. The third kappa shape index (κ3) is 4.21. The zero-order valence-corrected chi connectivity index (χ0v) is 13.0. The molecule has 1 atom stereocenters. The molecule has 0 heterocycles. The van der Waals surface area contributed by atoms with E-state index < -0.39 is 0 Å². The molecule has 21 heavy (non-hydrogen) atoms. The minimum absolute atomic E-state index is 0.112. The summed E-state index contributed by atoms with van der Waals surface area (Å²) in [5.74, 6) is -0.00395. The van der Waals surface area contributed by atoms with E-state index in [4.69, 9.17) is 11.6 Å². The van der Waals surface area contributed by atoms with Gasteiger partial charge in [0.15, 0.2) is 0 Å². The van der Waals surface area contributed by atoms with Crippen molar-refractivity contribution in [3.63, 3.8) is 0 Å². The number of nitrogens with one attached hydrogen (secondary N) is 2. The second-order valence-electron chi connectivity index (χ2n) is 5.45. The molecule has 0 aromatic heterocycles. The highest BCUT2D eigenvalue weighted by atomic mass is 35.5. The maximum atomic E-state index is 12.7. The van der Waals surface area contributed by atoms with Crippen LogP contribution in [0.4, 0.5) is 4.79 Å². The summed E-state index contributed by atoms with van der Waals surface area (Å²) < 4.78 is 0. The van der Waals surface area contributed by atoms with Crippen molar-refractivity contribution in [2.75, 3.05) is 13.6 Å². The number of halogens is 1. The van der Waals surface area contributed by atoms with Crippen LogP contribution in [0.1, 0.15) is 37.2 Å². The van der Waals surface area contributed by atoms with Crippen molar-refractivity contribution in [3.05, 3.63) is 34.9 Å². The first-order valence-electron chi connectivity index (χ1n) is 7.36. The van der Waals surface area contributed by atoms with Crippen molar-refractivity contribution in [1.82, 2.24) is 10.6 Å². The summed E-state index contributed by atoms with van der Waals surface area (Å²) in [5.41, 5.74) is 0.871. The Labute approximate surface area is 130 Å². The molecule has 0 aliphatic heterocycles. The highest BCUT2D eigenvalue weighted by Crippen LogP contribution is 2.31. The van der Waals surface area contributed by atoms with E-state index in [1.165, 1.54) is 0 Å². The van der Waals surface area contributed by atoms with Gasteiger partial charge in [-0.15, -0.1) is 0 Å². The molecule has 0 radical (unpaired) electrons. The Balaban J connectivity index is 2.16. The third-order valence-corrected chi connectivity index (χ3v) is 4.28. The quantitative estimate of drug-likeness (QED) is 0.878. The molecular formula is C16H21ClN2O2. The van der Waals surface area contributed by atoms with Crippen LogP contribution in [0.2, 0.25) is 5.02 Å². The van der Waals surface area contributed by atoms with Crippen molar-refractivity contribution < 1.29 is 9.59 Å². The maximum absolute atomic E-state index is 12.7. The van der Waals surface area contributed by atoms with Crippen LogP contribution in [0, 0.1) is 5.92 Å². The molecule has 5 heteroatoms. The van der Waals surface area contributed by atoms with Crippen LogP contribution in [-0.4, -0.2) is 25.4 Å². The molecule has 1 aromatic rings. The van der Waals surface area contributed by atoms with Gasteiger partial charge in [0, 0.05) is 24.5 Å². The number of benzene rings is 1. The largest absolute Gasteiger partial charge is 0.341 e. The van der Waals surface area contributed by atoms with Crippen LogP contribution in [0.3, 0.4) is 0 Å². The molecular weight excluding hydrogens is 288 g/mol. The molecule has 2 rings (SSSR count). The number of rotatable bonds is 5. The van der Waals surface area contributed by atoms with Crippen molar-refractivity contribution in [3.8, 4) is 0 Å². The standard InChI is InChI=1S/C16H21ClN2O2/c1-18-16(21)19-10-14(12-7-4-8-13(17)9-12)15(20)11-5-2-3-6-11/h4,7-9,11,14H,2-3,5-6,10H2,1H3,(H2,18,19,21). The van der Waals surface area contributed by atoms with Crippen LogP contribution in [0.5, 0.6) is 0 Å². The van der Waals surface area contributed by atoms with Crippen molar-refractivity contribution in [2.45, 2.75) is 31.6 Å². The van der Waals surface area contributed by atoms with Crippen LogP contribution < -0.4 is 10.6 Å². The Bertz CT molecular complexity index is 513. The number of urea groups is 1. The first-order chi connectivity index (χ1) is 10.1. The smallest absolute Gasteiger partial charge is 0.314 e. The van der Waals surface area contributed by atoms with E-state index in [9.17, 15) is 9.59 Å². The number of amides is 2. The predicted octanol–water partition coefficient (Wildman–Crippen LogP) is 3.11. The molecule has 1 aliphatic rings. The van der Waals surface area contributed by atoms with E-state index in [1.54, 1.807) is 13.1 Å². The average molecular weight is 309 g/mol. The molecule has 0 saturated heterocycles. The zero-order valence-electron chi connectivity index (χ0n) is 12.2. The van der Waals surface area contributed by atoms with Crippen molar-refractivity contribution >= 4 is 23.4 Å². The van der Waals surface area contributed by atoms with Crippen LogP contribution in [0.25, 0.3) is 0 Å². The molecule has 2 amide bonds. The van der Waals surface area contributed by atoms with E-state index in [-0.39, 0.29) is 23.7 Å². The Morgan fingerprint density at radius 3 is 2.67 bits per heavy atom. The van der Waals surface area contributed by atoms with Crippen LogP contribution in [-0.2, 0) is 4.79 Å². The van der Waals surface area contributed by atoms with Gasteiger partial charge < -0.3 is 10.6 Å². The van der Waals surface area contributed by atoms with Crippen LogP contribution >= 0.6 is 11.6 Å². The lowest BCUT2D eigenvalue weighted by Gasteiger charge is -2.20. The van der Waals surface area contributed by atoms with E-state index in [2.05, 4.69) is 10.6 Å². The Morgan fingerprint density at radius 2 is 2.05 bits per heavy atom. The topological polar surface area (TPSA) is 58.2 Å². The maximum Gasteiger partial charge on any atom is 0.314 e. The van der Waals surface area contributed by atoms with Gasteiger partial charge in [-0.2, -0.15) is 0 Å². The molecule has 2 N–H and O–H groups in total. The van der Waals surface area contributed by atoms with Gasteiger partial charge in [0.05, 0.1) is 5.92 Å². The van der Waals surface area contributed by atoms with Crippen molar-refractivity contribution in [1.29, 1.82) is 0 Å². The molecule has 1 aliphatic carbocycles. The summed E-state index contributed by atoms with van der Waals surface area (Å²) in [5, 5.41) is 5.85. The molecule has 0 spiro atoms. The Kier molecular flexibility index (Phi) is 5.62. The van der Waals surface area contributed by atoms with E-state index >= 15 is 0 Å². The summed E-state index contributed by atoms with van der Waals surface area (Å²) in [4.78, 5) is 24.1. The fourth-order valence-corrected chi connectivity index (χ4v) is 3.08. The van der Waals surface area contributed by atoms with E-state index in [0.717, 1.165) is 31.2 Å². The van der Waals surface area contributed by atoms with Gasteiger partial charge in [-0.05, 0) is 30.5 Å². The minimum Gasteiger partial charge on any atom is -0.341 e. The van der Waals surface area contributed by atoms with Gasteiger partial charge in [0.1, 0.15) is 5.78 Å². The zero-order chi connectivity index (χ0) is 15.2. The summed E-state index contributed by atoms with van der Waals surface area (Å²) in [6.45, 7) is 0.301. The predicted molar refractivity (Wildman–Crippen MR) is 83.6 cm³/mol. The van der Waals surface area contributed by atoms with Crippen LogP contribution in [0.15, 0.2) is 24.3 Å². The number of carbonyl (C=O) groups is 2. The van der Waals surface area contributed by atoms with E-state index in [1.807, 2.05) is 18.2 Å². The molecule has 1 aromatic carbocycles. The summed E-state index contributed by atoms with van der Waals surface area (Å²) >= 11 is 6.03. The second kappa shape index (κ2) is 7.46. The van der Waals surface area contributed by atoms with Gasteiger partial charge in [-0.3, -0.25) is 4.79 Å². The Hall–Kier alpha value is -1.55. The van der Waals surface area contributed by atoms with E-state index in [0.29, 0.717) is 11.6 Å². The number of hydrogen-bond acceptors (Lipinski definition) is 2. The summed E-state index contributed by atoms with van der Waals surface area (Å²) in [7, 11) is 1.56. The molecule has 114 valence electrons. The highest BCUT2D eigenvalue weighted by Gasteiger charge is 2.30. The number of Topliss-reactive ketones (excluding diaryl/α,β-unsaturated/α-hetero) is 1. The minimum atomic E-state index is -0.330. The first kappa shape index (κ1) is 15.8. The lowest BCUT2D eigenvalue weighted by molar-refractivity contribution is -0.124. The fourth-order valence-electron chi connectivity index (χ4n) is 2.88. The highest BCUT2D eigenvalue weighted by molar-refractivity contribution is 6.30. The normalized spacial score (nSPS) is 16.5. The molecule has 1 saturated carbocycles. The monoisotopic (exact) mass is 308 g/mol. The van der Waals surface area contributed by atoms with Crippen molar-refractivity contribution in [2.24, 2.45) is 5.92 Å². The number of carbonyl (C=O) groups excluding carboxylic acids is 2. The molecule has 1 unspecified atom stereocenters. The number of hydrogen-bond donors (Lipinski definition) is 2. The second-order valence-corrected chi connectivity index (χ2v) is 5.89. The Morgan fingerprint density at radius 1 is 1.33 bits per heavy atom.